The topological polar surface area (TPSA) is 125 Å². The molecule has 1 spiro atoms. The number of nitrogens with one attached hydrogen (secondary N) is 1. The highest BCUT2D eigenvalue weighted by molar-refractivity contribution is 6.30. The van der Waals surface area contributed by atoms with Crippen molar-refractivity contribution < 1.29 is 33.8 Å². The number of ether oxygens (including phenoxy) is 2. The Morgan fingerprint density at radius 1 is 1.29 bits per heavy atom. The number of nitrogens with zero attached hydrogens (tertiary/aromatic N) is 2. The fourth-order valence-corrected chi connectivity index (χ4v) is 6.43. The molecule has 4 rings (SSSR count). The zero-order chi connectivity index (χ0) is 29.7. The molecule has 6 atom stereocenters. The number of carbonyl (C=O) groups is 4. The first-order valence-electron chi connectivity index (χ1n) is 14.0. The molecule has 0 saturated carbocycles. The predicted molar refractivity (Wildman–Crippen MR) is 153 cm³/mol. The minimum absolute atomic E-state index is 0.130. The molecule has 0 unspecified atom stereocenters. The minimum Gasteiger partial charge on any atom is -0.460 e. The molecule has 3 saturated heterocycles. The van der Waals surface area contributed by atoms with Gasteiger partial charge >= 0.3 is 5.97 Å². The van der Waals surface area contributed by atoms with Gasteiger partial charge in [-0.2, -0.15) is 0 Å². The van der Waals surface area contributed by atoms with Crippen molar-refractivity contribution in [3.8, 4) is 0 Å². The van der Waals surface area contributed by atoms with E-state index >= 15 is 0 Å². The van der Waals surface area contributed by atoms with Crippen LogP contribution in [0.3, 0.4) is 0 Å². The molecule has 0 aliphatic carbocycles. The SMILES string of the molecule is C=CCCC(=O)NC[C@H](C)OC(=O)[C@@H]1[C@@H]2CC[C@]3(O2)[C@H](C(=O)N(CC=C)c2ccc(Cl)cc2)N(CCCO)C(=O)[C@@H]13. The Morgan fingerprint density at radius 2 is 2.02 bits per heavy atom. The standard InChI is InChI=1S/C30H38ClN3O7/c1-4-6-8-23(36)32-18-19(3)40-29(39)24-22-13-14-30(41-22)25(24)27(37)34(16-7-17-35)26(30)28(38)33(15-5-2)21-11-9-20(31)10-12-21/h4-5,9-12,19,22,24-26,35H,1-2,6-8,13-18H2,3H3,(H,32,36)/t19-,22-,24+,25+,26-,30+/m0/s1. The second-order valence-corrected chi connectivity index (χ2v) is 11.2. The highest BCUT2D eigenvalue weighted by Gasteiger charge is 2.75. The van der Waals surface area contributed by atoms with Crippen LogP contribution < -0.4 is 10.2 Å². The van der Waals surface area contributed by atoms with Crippen molar-refractivity contribution in [1.82, 2.24) is 10.2 Å². The van der Waals surface area contributed by atoms with Crippen LogP contribution in [0.25, 0.3) is 0 Å². The van der Waals surface area contributed by atoms with E-state index in [2.05, 4.69) is 18.5 Å². The molecule has 1 aromatic rings. The molecule has 3 fully saturated rings. The van der Waals surface area contributed by atoms with Gasteiger partial charge in [0.25, 0.3) is 5.91 Å². The third-order valence-electron chi connectivity index (χ3n) is 8.06. The van der Waals surface area contributed by atoms with Gasteiger partial charge in [0.05, 0.1) is 24.5 Å². The first kappa shape index (κ1) is 30.7. The van der Waals surface area contributed by atoms with Crippen LogP contribution in [0.15, 0.2) is 49.6 Å². The summed E-state index contributed by atoms with van der Waals surface area (Å²) in [6.45, 7) is 9.35. The van der Waals surface area contributed by atoms with Gasteiger partial charge in [-0.3, -0.25) is 19.2 Å². The van der Waals surface area contributed by atoms with Crippen LogP contribution in [-0.4, -0.2) is 83.8 Å². The number of allylic oxidation sites excluding steroid dienone is 1. The van der Waals surface area contributed by atoms with E-state index < -0.39 is 41.7 Å². The number of rotatable bonds is 14. The third-order valence-corrected chi connectivity index (χ3v) is 8.31. The number of carbonyl (C=O) groups excluding carboxylic acids is 4. The Balaban J connectivity index is 1.58. The molecule has 0 aromatic heterocycles. The molecular formula is C30H38ClN3O7. The zero-order valence-electron chi connectivity index (χ0n) is 23.3. The molecule has 3 amide bonds. The average Bonchev–Trinajstić information content (AvgIpc) is 3.60. The van der Waals surface area contributed by atoms with Crippen molar-refractivity contribution in [2.24, 2.45) is 11.8 Å². The van der Waals surface area contributed by atoms with Crippen molar-refractivity contribution in [3.05, 3.63) is 54.6 Å². The first-order valence-corrected chi connectivity index (χ1v) is 14.4. The van der Waals surface area contributed by atoms with Crippen LogP contribution in [0, 0.1) is 11.8 Å². The van der Waals surface area contributed by atoms with Gasteiger partial charge in [-0.25, -0.2) is 0 Å². The van der Waals surface area contributed by atoms with E-state index in [0.717, 1.165) is 0 Å². The second kappa shape index (κ2) is 13.2. The monoisotopic (exact) mass is 587 g/mol. The van der Waals surface area contributed by atoms with Crippen LogP contribution in [0.4, 0.5) is 5.69 Å². The van der Waals surface area contributed by atoms with Gasteiger partial charge in [-0.15, -0.1) is 13.2 Å². The lowest BCUT2D eigenvalue weighted by atomic mass is 9.70. The molecular weight excluding hydrogens is 550 g/mol. The number of amides is 3. The highest BCUT2D eigenvalue weighted by atomic mass is 35.5. The van der Waals surface area contributed by atoms with E-state index in [-0.39, 0.29) is 50.4 Å². The van der Waals surface area contributed by atoms with Crippen LogP contribution in [0.5, 0.6) is 0 Å². The summed E-state index contributed by atoms with van der Waals surface area (Å²) in [5.74, 6) is -3.25. The first-order chi connectivity index (χ1) is 19.7. The molecule has 222 valence electrons. The average molecular weight is 588 g/mol. The zero-order valence-corrected chi connectivity index (χ0v) is 24.1. The quantitative estimate of drug-likeness (QED) is 0.253. The van der Waals surface area contributed by atoms with Crippen molar-refractivity contribution in [3.63, 3.8) is 0 Å². The van der Waals surface area contributed by atoms with E-state index in [1.807, 2.05) is 0 Å². The number of likely N-dealkylation sites (tertiary alicyclic amines) is 1. The number of anilines is 1. The molecule has 0 radical (unpaired) electrons. The van der Waals surface area contributed by atoms with Crippen LogP contribution >= 0.6 is 11.6 Å². The molecule has 1 aromatic carbocycles. The van der Waals surface area contributed by atoms with Gasteiger partial charge in [-0.1, -0.05) is 23.8 Å². The molecule has 11 heteroatoms. The van der Waals surface area contributed by atoms with E-state index in [9.17, 15) is 24.3 Å². The number of hydrogen-bond acceptors (Lipinski definition) is 7. The van der Waals surface area contributed by atoms with Gasteiger partial charge in [0.1, 0.15) is 17.7 Å². The lowest BCUT2D eigenvalue weighted by Crippen LogP contribution is -2.56. The van der Waals surface area contributed by atoms with E-state index in [1.54, 1.807) is 43.3 Å². The third kappa shape index (κ3) is 6.05. The largest absolute Gasteiger partial charge is 0.460 e. The van der Waals surface area contributed by atoms with Gasteiger partial charge < -0.3 is 29.7 Å². The predicted octanol–water partition coefficient (Wildman–Crippen LogP) is 2.63. The molecule has 10 nitrogen and oxygen atoms in total. The number of fused-ring (bicyclic) bond motifs is 1. The fourth-order valence-electron chi connectivity index (χ4n) is 6.30. The van der Waals surface area contributed by atoms with Crippen molar-refractivity contribution in [2.45, 2.75) is 62.9 Å². The van der Waals surface area contributed by atoms with Gasteiger partial charge in [0, 0.05) is 36.8 Å². The summed E-state index contributed by atoms with van der Waals surface area (Å²) in [4.78, 5) is 56.7. The summed E-state index contributed by atoms with van der Waals surface area (Å²) < 4.78 is 12.1. The summed E-state index contributed by atoms with van der Waals surface area (Å²) in [5.41, 5.74) is -0.618. The van der Waals surface area contributed by atoms with Crippen LogP contribution in [0.2, 0.25) is 5.02 Å². The molecule has 3 aliphatic heterocycles. The van der Waals surface area contributed by atoms with E-state index in [4.69, 9.17) is 21.1 Å². The lowest BCUT2D eigenvalue weighted by molar-refractivity contribution is -0.159. The smallest absolute Gasteiger partial charge is 0.312 e. The van der Waals surface area contributed by atoms with Gasteiger partial charge in [0.2, 0.25) is 11.8 Å². The van der Waals surface area contributed by atoms with Crippen molar-refractivity contribution in [1.29, 1.82) is 0 Å². The Bertz CT molecular complexity index is 1180. The maximum absolute atomic E-state index is 14.3. The van der Waals surface area contributed by atoms with Crippen LogP contribution in [0.1, 0.15) is 39.0 Å². The lowest BCUT2D eigenvalue weighted by Gasteiger charge is -2.36. The van der Waals surface area contributed by atoms with Crippen molar-refractivity contribution in [2.75, 3.05) is 31.1 Å². The Kier molecular flexibility index (Phi) is 9.88. The summed E-state index contributed by atoms with van der Waals surface area (Å²) in [6.07, 6.45) is 4.09. The Hall–Kier alpha value is -3.21. The summed E-state index contributed by atoms with van der Waals surface area (Å²) >= 11 is 6.07. The highest BCUT2D eigenvalue weighted by Crippen LogP contribution is 2.59. The number of aliphatic hydroxyl groups is 1. The Morgan fingerprint density at radius 3 is 2.68 bits per heavy atom. The summed E-state index contributed by atoms with van der Waals surface area (Å²) in [5, 5.41) is 12.8. The molecule has 3 aliphatic rings. The number of esters is 1. The maximum atomic E-state index is 14.3. The number of benzene rings is 1. The Labute approximate surface area is 245 Å². The van der Waals surface area contributed by atoms with Crippen LogP contribution in [-0.2, 0) is 28.7 Å². The van der Waals surface area contributed by atoms with E-state index in [0.29, 0.717) is 36.4 Å². The van der Waals surface area contributed by atoms with Gasteiger partial charge in [0.15, 0.2) is 0 Å². The van der Waals surface area contributed by atoms with E-state index in [1.165, 1.54) is 9.80 Å². The second-order valence-electron chi connectivity index (χ2n) is 10.8. The molecule has 2 N–H and O–H groups in total. The normalized spacial score (nSPS) is 26.8. The maximum Gasteiger partial charge on any atom is 0.312 e. The molecule has 41 heavy (non-hydrogen) atoms. The number of aliphatic hydroxyl groups excluding tert-OH is 1. The number of halogens is 1. The summed E-state index contributed by atoms with van der Waals surface area (Å²) in [6, 6.07) is 5.80. The van der Waals surface area contributed by atoms with Crippen molar-refractivity contribution >= 4 is 41.0 Å². The molecule has 2 bridgehead atoms. The minimum atomic E-state index is -1.20. The molecule has 3 heterocycles. The van der Waals surface area contributed by atoms with Gasteiger partial charge in [-0.05, 0) is 56.9 Å². The fraction of sp³-hybridized carbons (Fsp3) is 0.533. The number of hydrogen-bond donors (Lipinski definition) is 2. The summed E-state index contributed by atoms with van der Waals surface area (Å²) in [7, 11) is 0.